The van der Waals surface area contributed by atoms with Crippen LogP contribution in [0.3, 0.4) is 0 Å². The predicted molar refractivity (Wildman–Crippen MR) is 123 cm³/mol. The van der Waals surface area contributed by atoms with Gasteiger partial charge in [-0.15, -0.1) is 0 Å². The van der Waals surface area contributed by atoms with E-state index in [-0.39, 0.29) is 0 Å². The van der Waals surface area contributed by atoms with Crippen molar-refractivity contribution in [3.05, 3.63) is 23.8 Å². The molecule has 1 fully saturated rings. The maximum atomic E-state index is 5.68. The summed E-state index contributed by atoms with van der Waals surface area (Å²) >= 11 is 0. The molecule has 1 heterocycles. The number of hydrogen-bond donors (Lipinski definition) is 2. The van der Waals surface area contributed by atoms with Crippen LogP contribution in [0.15, 0.2) is 23.2 Å². The molecule has 0 saturated carbocycles. The zero-order chi connectivity index (χ0) is 21.8. The van der Waals surface area contributed by atoms with Gasteiger partial charge in [0, 0.05) is 31.7 Å². The van der Waals surface area contributed by atoms with Gasteiger partial charge in [0.05, 0.1) is 33.5 Å². The van der Waals surface area contributed by atoms with Crippen LogP contribution < -0.4 is 20.1 Å². The van der Waals surface area contributed by atoms with Crippen molar-refractivity contribution < 1.29 is 14.2 Å². The van der Waals surface area contributed by atoms with E-state index in [1.165, 1.54) is 5.56 Å². The Hall–Kier alpha value is -1.99. The first kappa shape index (κ1) is 24.3. The molecule has 0 bridgehead atoms. The van der Waals surface area contributed by atoms with Crippen LogP contribution in [0.2, 0.25) is 0 Å². The van der Waals surface area contributed by atoms with Gasteiger partial charge in [0.2, 0.25) is 0 Å². The molecule has 0 amide bonds. The topological polar surface area (TPSA) is 67.4 Å². The highest BCUT2D eigenvalue weighted by atomic mass is 16.5. The molecule has 1 saturated heterocycles. The molecule has 2 N–H and O–H groups in total. The molecular weight excluding hydrogens is 380 g/mol. The Morgan fingerprint density at radius 1 is 1.30 bits per heavy atom. The van der Waals surface area contributed by atoms with Crippen molar-refractivity contribution in [2.75, 3.05) is 53.1 Å². The van der Waals surface area contributed by atoms with Gasteiger partial charge in [0.25, 0.3) is 0 Å². The fourth-order valence-electron chi connectivity index (χ4n) is 3.71. The molecular formula is C23H40N4O3. The maximum absolute atomic E-state index is 5.68. The van der Waals surface area contributed by atoms with Gasteiger partial charge in [-0.05, 0) is 58.2 Å². The van der Waals surface area contributed by atoms with Crippen molar-refractivity contribution in [3.63, 3.8) is 0 Å². The van der Waals surface area contributed by atoms with E-state index >= 15 is 0 Å². The van der Waals surface area contributed by atoms with Gasteiger partial charge in [-0.2, -0.15) is 0 Å². The van der Waals surface area contributed by atoms with Crippen molar-refractivity contribution >= 4 is 5.96 Å². The number of rotatable bonds is 11. The Morgan fingerprint density at radius 2 is 2.13 bits per heavy atom. The molecule has 0 aliphatic carbocycles. The highest BCUT2D eigenvalue weighted by Gasteiger charge is 2.23. The molecule has 7 heteroatoms. The molecule has 1 aliphatic rings. The summed E-state index contributed by atoms with van der Waals surface area (Å²) in [5.74, 6) is 2.48. The first-order chi connectivity index (χ1) is 14.6. The van der Waals surface area contributed by atoms with E-state index in [0.717, 1.165) is 69.7 Å². The van der Waals surface area contributed by atoms with Crippen molar-refractivity contribution in [2.24, 2.45) is 4.99 Å². The lowest BCUT2D eigenvalue weighted by Gasteiger charge is -2.37. The fourth-order valence-corrected chi connectivity index (χ4v) is 3.71. The third-order valence-corrected chi connectivity index (χ3v) is 5.31. The summed E-state index contributed by atoms with van der Waals surface area (Å²) in [6, 6.07) is 7.01. The molecule has 1 aromatic carbocycles. The van der Waals surface area contributed by atoms with Gasteiger partial charge in [-0.25, -0.2) is 0 Å². The Balaban J connectivity index is 1.81. The second-order valence-corrected chi connectivity index (χ2v) is 7.68. The number of ether oxygens (including phenoxy) is 3. The number of nitrogens with zero attached hydrogens (tertiary/aromatic N) is 2. The third-order valence-electron chi connectivity index (χ3n) is 5.31. The summed E-state index contributed by atoms with van der Waals surface area (Å²) in [6.45, 7) is 14.3. The summed E-state index contributed by atoms with van der Waals surface area (Å²) < 4.78 is 16.6. The minimum absolute atomic E-state index is 0.399. The molecule has 0 radical (unpaired) electrons. The monoisotopic (exact) mass is 420 g/mol. The summed E-state index contributed by atoms with van der Waals surface area (Å²) in [6.07, 6.45) is 1.98. The first-order valence-electron chi connectivity index (χ1n) is 11.2. The van der Waals surface area contributed by atoms with Crippen molar-refractivity contribution in [1.82, 2.24) is 15.5 Å². The fraction of sp³-hybridized carbons (Fsp3) is 0.696. The van der Waals surface area contributed by atoms with Crippen LogP contribution in [0.1, 0.15) is 39.7 Å². The highest BCUT2D eigenvalue weighted by molar-refractivity contribution is 5.79. The number of morpholine rings is 1. The largest absolute Gasteiger partial charge is 0.493 e. The van der Waals surface area contributed by atoms with E-state index in [1.807, 2.05) is 13.0 Å². The Bertz CT molecular complexity index is 653. The summed E-state index contributed by atoms with van der Waals surface area (Å²) in [5, 5.41) is 6.81. The van der Waals surface area contributed by atoms with Crippen molar-refractivity contribution in [1.29, 1.82) is 0 Å². The van der Waals surface area contributed by atoms with E-state index in [0.29, 0.717) is 18.7 Å². The Labute approximate surface area is 182 Å². The SMILES string of the molecule is CCNC(=NCC(C)N1CCOCC1C)NCCCc1ccc(OC)c(OCC)c1. The van der Waals surface area contributed by atoms with Crippen LogP contribution in [0.5, 0.6) is 11.5 Å². The number of hydrogen-bond acceptors (Lipinski definition) is 5. The quantitative estimate of drug-likeness (QED) is 0.326. The second kappa shape index (κ2) is 13.3. The summed E-state index contributed by atoms with van der Waals surface area (Å²) in [4.78, 5) is 7.29. The first-order valence-corrected chi connectivity index (χ1v) is 11.2. The van der Waals surface area contributed by atoms with Gasteiger partial charge >= 0.3 is 0 Å². The van der Waals surface area contributed by atoms with Gasteiger partial charge in [-0.1, -0.05) is 6.07 Å². The molecule has 2 atom stereocenters. The molecule has 1 aromatic rings. The van der Waals surface area contributed by atoms with Crippen LogP contribution in [0.4, 0.5) is 0 Å². The molecule has 1 aliphatic heterocycles. The number of methoxy groups -OCH3 is 1. The molecule has 7 nitrogen and oxygen atoms in total. The van der Waals surface area contributed by atoms with Gasteiger partial charge in [-0.3, -0.25) is 9.89 Å². The second-order valence-electron chi connectivity index (χ2n) is 7.68. The lowest BCUT2D eigenvalue weighted by molar-refractivity contribution is -0.0165. The third kappa shape index (κ3) is 7.69. The van der Waals surface area contributed by atoms with Gasteiger partial charge in [0.15, 0.2) is 17.5 Å². The number of benzene rings is 1. The van der Waals surface area contributed by atoms with Crippen LogP contribution in [-0.2, 0) is 11.2 Å². The smallest absolute Gasteiger partial charge is 0.191 e. The average Bonchev–Trinajstić information content (AvgIpc) is 2.75. The Morgan fingerprint density at radius 3 is 2.83 bits per heavy atom. The summed E-state index contributed by atoms with van der Waals surface area (Å²) in [5.41, 5.74) is 1.25. The van der Waals surface area contributed by atoms with E-state index < -0.39 is 0 Å². The van der Waals surface area contributed by atoms with Gasteiger partial charge in [0.1, 0.15) is 0 Å². The predicted octanol–water partition coefficient (Wildman–Crippen LogP) is 2.69. The van der Waals surface area contributed by atoms with Gasteiger partial charge < -0.3 is 24.8 Å². The van der Waals surface area contributed by atoms with Crippen LogP contribution in [0, 0.1) is 0 Å². The maximum Gasteiger partial charge on any atom is 0.191 e. The van der Waals surface area contributed by atoms with Crippen LogP contribution >= 0.6 is 0 Å². The summed E-state index contributed by atoms with van der Waals surface area (Å²) in [7, 11) is 1.67. The number of guanidine groups is 1. The van der Waals surface area contributed by atoms with Crippen LogP contribution in [0.25, 0.3) is 0 Å². The minimum atomic E-state index is 0.399. The zero-order valence-electron chi connectivity index (χ0n) is 19.4. The van der Waals surface area contributed by atoms with Crippen molar-refractivity contribution in [2.45, 2.75) is 52.6 Å². The van der Waals surface area contributed by atoms with E-state index in [4.69, 9.17) is 19.2 Å². The molecule has 30 heavy (non-hydrogen) atoms. The highest BCUT2D eigenvalue weighted by Crippen LogP contribution is 2.28. The van der Waals surface area contributed by atoms with E-state index in [1.54, 1.807) is 7.11 Å². The molecule has 0 aromatic heterocycles. The number of aliphatic imine (C=N–C) groups is 1. The normalized spacial score (nSPS) is 18.7. The molecule has 170 valence electrons. The number of nitrogens with one attached hydrogen (secondary N) is 2. The lowest BCUT2D eigenvalue weighted by atomic mass is 10.1. The Kier molecular flexibility index (Phi) is 10.8. The number of aryl methyl sites for hydroxylation is 1. The average molecular weight is 421 g/mol. The standard InChI is InChI=1S/C23H40N4O3/c1-6-24-23(26-16-18(3)27-13-14-29-17-19(27)4)25-12-8-9-20-10-11-21(28-5)22(15-20)30-7-2/h10-11,15,18-19H,6-9,12-14,16-17H2,1-5H3,(H2,24,25,26). The molecule has 2 unspecified atom stereocenters. The minimum Gasteiger partial charge on any atom is -0.493 e. The molecule has 2 rings (SSSR count). The molecule has 0 spiro atoms. The van der Waals surface area contributed by atoms with E-state index in [2.05, 4.69) is 48.4 Å². The van der Waals surface area contributed by atoms with Crippen LogP contribution in [-0.4, -0.2) is 76.1 Å². The van der Waals surface area contributed by atoms with Crippen molar-refractivity contribution in [3.8, 4) is 11.5 Å². The van der Waals surface area contributed by atoms with E-state index in [9.17, 15) is 0 Å². The lowest BCUT2D eigenvalue weighted by Crippen LogP contribution is -2.49. The zero-order valence-corrected chi connectivity index (χ0v) is 19.4.